The fourth-order valence-corrected chi connectivity index (χ4v) is 4.29. The van der Waals surface area contributed by atoms with Gasteiger partial charge in [0.15, 0.2) is 0 Å². The molecule has 3 heteroatoms. The zero-order valence-corrected chi connectivity index (χ0v) is 15.0. The molecule has 0 bridgehead atoms. The molecule has 1 aromatic heterocycles. The van der Waals surface area contributed by atoms with Crippen LogP contribution >= 0.6 is 11.8 Å². The van der Waals surface area contributed by atoms with Crippen LogP contribution in [0, 0.1) is 0 Å². The predicted octanol–water partition coefficient (Wildman–Crippen LogP) is 5.53. The van der Waals surface area contributed by atoms with Crippen molar-refractivity contribution in [3.63, 3.8) is 0 Å². The van der Waals surface area contributed by atoms with Gasteiger partial charge < -0.3 is 10.3 Å². The van der Waals surface area contributed by atoms with Gasteiger partial charge in [0.1, 0.15) is 0 Å². The molecule has 1 unspecified atom stereocenters. The minimum Gasteiger partial charge on any atom is -0.361 e. The van der Waals surface area contributed by atoms with Gasteiger partial charge in [-0.05, 0) is 28.5 Å². The summed E-state index contributed by atoms with van der Waals surface area (Å²) < 4.78 is 0. The number of allylic oxidation sites excluding steroid dienone is 1. The van der Waals surface area contributed by atoms with Crippen LogP contribution < -0.4 is 5.32 Å². The Morgan fingerprint density at radius 2 is 1.92 bits per heavy atom. The second-order valence-corrected chi connectivity index (χ2v) is 7.53. The van der Waals surface area contributed by atoms with Gasteiger partial charge in [-0.15, -0.1) is 11.8 Å². The molecule has 2 aromatic carbocycles. The van der Waals surface area contributed by atoms with E-state index in [1.807, 2.05) is 11.8 Å². The molecule has 4 rings (SSSR count). The number of H-pyrrole nitrogens is 1. The van der Waals surface area contributed by atoms with Gasteiger partial charge in [-0.1, -0.05) is 61.2 Å². The second-order valence-electron chi connectivity index (χ2n) is 6.31. The predicted molar refractivity (Wildman–Crippen MR) is 110 cm³/mol. The minimum atomic E-state index is 0.0995. The lowest BCUT2D eigenvalue weighted by Crippen LogP contribution is -2.23. The molecule has 0 radical (unpaired) electrons. The van der Waals surface area contributed by atoms with Gasteiger partial charge in [0.25, 0.3) is 0 Å². The van der Waals surface area contributed by atoms with Crippen molar-refractivity contribution in [1.29, 1.82) is 0 Å². The third kappa shape index (κ3) is 3.44. The molecule has 1 atom stereocenters. The summed E-state index contributed by atoms with van der Waals surface area (Å²) in [5.74, 6) is 1.20. The van der Waals surface area contributed by atoms with Crippen molar-refractivity contribution in [2.24, 2.45) is 0 Å². The topological polar surface area (TPSA) is 27.8 Å². The summed E-state index contributed by atoms with van der Waals surface area (Å²) in [6.45, 7) is 5.35. The van der Waals surface area contributed by atoms with Crippen LogP contribution in [-0.4, -0.2) is 17.3 Å². The number of hydrogen-bond donors (Lipinski definition) is 2. The van der Waals surface area contributed by atoms with Crippen LogP contribution in [0.4, 0.5) is 0 Å². The molecule has 2 nitrogen and oxygen atoms in total. The Labute approximate surface area is 153 Å². The fourth-order valence-electron chi connectivity index (χ4n) is 3.38. The zero-order chi connectivity index (χ0) is 17.1. The Hall–Kier alpha value is -2.23. The molecule has 2 N–H and O–H groups in total. The lowest BCUT2D eigenvalue weighted by Gasteiger charge is -2.22. The summed E-state index contributed by atoms with van der Waals surface area (Å²) >= 11 is 1.95. The first-order valence-corrected chi connectivity index (χ1v) is 9.67. The highest BCUT2D eigenvalue weighted by atomic mass is 32.2. The molecule has 1 aliphatic rings. The number of benzene rings is 2. The van der Waals surface area contributed by atoms with Crippen LogP contribution in [0.25, 0.3) is 16.5 Å². The number of para-hydroxylation sites is 1. The molecule has 1 aliphatic heterocycles. The van der Waals surface area contributed by atoms with Gasteiger partial charge in [0.05, 0.1) is 6.04 Å². The third-order valence-electron chi connectivity index (χ3n) is 4.67. The van der Waals surface area contributed by atoms with Crippen molar-refractivity contribution in [2.45, 2.75) is 12.5 Å². The van der Waals surface area contributed by atoms with Gasteiger partial charge in [-0.3, -0.25) is 0 Å². The average Bonchev–Trinajstić information content (AvgIpc) is 3.32. The summed E-state index contributed by atoms with van der Waals surface area (Å²) in [5, 5.41) is 4.95. The molecule has 25 heavy (non-hydrogen) atoms. The standard InChI is InChI=1S/C22H22N2S/c1-16(20-15-23-21-12-6-5-11-19(20)21)22(17-8-3-2-4-9-17)24-14-18-10-7-13-25-18/h2-6,8-12,15,22-24H,1,7,13-14H2. The maximum atomic E-state index is 4.46. The highest BCUT2D eigenvalue weighted by Gasteiger charge is 2.19. The number of aromatic nitrogens is 1. The third-order valence-corrected chi connectivity index (χ3v) is 5.80. The van der Waals surface area contributed by atoms with Crippen LogP contribution in [0.5, 0.6) is 0 Å². The molecule has 3 aromatic rings. The number of nitrogens with one attached hydrogen (secondary N) is 2. The maximum absolute atomic E-state index is 4.46. The second kappa shape index (κ2) is 7.34. The normalized spacial score (nSPS) is 15.3. The van der Waals surface area contributed by atoms with Gasteiger partial charge >= 0.3 is 0 Å². The molecule has 0 aliphatic carbocycles. The average molecular weight is 346 g/mol. The summed E-state index contributed by atoms with van der Waals surface area (Å²) in [6.07, 6.45) is 5.60. The van der Waals surface area contributed by atoms with E-state index in [4.69, 9.17) is 0 Å². The van der Waals surface area contributed by atoms with Crippen LogP contribution in [0.3, 0.4) is 0 Å². The van der Waals surface area contributed by atoms with E-state index in [-0.39, 0.29) is 6.04 Å². The van der Waals surface area contributed by atoms with Crippen molar-refractivity contribution in [3.8, 4) is 0 Å². The van der Waals surface area contributed by atoms with E-state index in [1.165, 1.54) is 33.6 Å². The number of fused-ring (bicyclic) bond motifs is 1. The molecule has 0 amide bonds. The molecule has 2 heterocycles. The molecule has 126 valence electrons. The monoisotopic (exact) mass is 346 g/mol. The van der Waals surface area contributed by atoms with E-state index in [0.717, 1.165) is 17.6 Å². The van der Waals surface area contributed by atoms with Crippen molar-refractivity contribution in [1.82, 2.24) is 10.3 Å². The Bertz CT molecular complexity index is 908. The SMILES string of the molecule is C=C(c1c[nH]c2ccccc12)C(NCC1=CCCS1)c1ccccc1. The van der Waals surface area contributed by atoms with Gasteiger partial charge in [0, 0.05) is 35.0 Å². The van der Waals surface area contributed by atoms with E-state index >= 15 is 0 Å². The highest BCUT2D eigenvalue weighted by Crippen LogP contribution is 2.34. The first-order chi connectivity index (χ1) is 12.3. The van der Waals surface area contributed by atoms with Crippen LogP contribution in [-0.2, 0) is 0 Å². The van der Waals surface area contributed by atoms with E-state index in [9.17, 15) is 0 Å². The Morgan fingerprint density at radius 3 is 2.72 bits per heavy atom. The Morgan fingerprint density at radius 1 is 1.12 bits per heavy atom. The van der Waals surface area contributed by atoms with Gasteiger partial charge in [-0.25, -0.2) is 0 Å². The summed E-state index contributed by atoms with van der Waals surface area (Å²) in [4.78, 5) is 4.81. The van der Waals surface area contributed by atoms with Gasteiger partial charge in [0.2, 0.25) is 0 Å². The Balaban J connectivity index is 1.65. The smallest absolute Gasteiger partial charge is 0.0580 e. The summed E-state index contributed by atoms with van der Waals surface area (Å²) in [5.41, 5.74) is 4.69. The minimum absolute atomic E-state index is 0.0995. The largest absolute Gasteiger partial charge is 0.361 e. The number of rotatable bonds is 6. The number of aromatic amines is 1. The molecular formula is C22H22N2S. The molecule has 0 saturated carbocycles. The lowest BCUT2D eigenvalue weighted by molar-refractivity contribution is 0.684. The highest BCUT2D eigenvalue weighted by molar-refractivity contribution is 8.03. The lowest BCUT2D eigenvalue weighted by atomic mass is 9.94. The van der Waals surface area contributed by atoms with E-state index < -0.39 is 0 Å². The van der Waals surface area contributed by atoms with Crippen molar-refractivity contribution < 1.29 is 0 Å². The van der Waals surface area contributed by atoms with E-state index in [1.54, 1.807) is 0 Å². The first-order valence-electron chi connectivity index (χ1n) is 8.68. The van der Waals surface area contributed by atoms with Gasteiger partial charge in [-0.2, -0.15) is 0 Å². The quantitative estimate of drug-likeness (QED) is 0.614. The zero-order valence-electron chi connectivity index (χ0n) is 14.2. The van der Waals surface area contributed by atoms with Crippen molar-refractivity contribution >= 4 is 28.2 Å². The number of thioether (sulfide) groups is 1. The van der Waals surface area contributed by atoms with E-state index in [0.29, 0.717) is 0 Å². The Kier molecular flexibility index (Phi) is 4.77. The molecule has 0 fully saturated rings. The fraction of sp³-hybridized carbons (Fsp3) is 0.182. The van der Waals surface area contributed by atoms with E-state index in [2.05, 4.69) is 83.7 Å². The van der Waals surface area contributed by atoms with Crippen molar-refractivity contribution in [2.75, 3.05) is 12.3 Å². The van der Waals surface area contributed by atoms with Crippen molar-refractivity contribution in [3.05, 3.63) is 89.5 Å². The molecule has 0 saturated heterocycles. The summed E-state index contributed by atoms with van der Waals surface area (Å²) in [6, 6.07) is 19.1. The van der Waals surface area contributed by atoms with Crippen LogP contribution in [0.1, 0.15) is 23.6 Å². The van der Waals surface area contributed by atoms with Crippen LogP contribution in [0.2, 0.25) is 0 Å². The molecular weight excluding hydrogens is 324 g/mol. The summed E-state index contributed by atoms with van der Waals surface area (Å²) in [7, 11) is 0. The van der Waals surface area contributed by atoms with Crippen LogP contribution in [0.15, 0.2) is 78.4 Å². The molecule has 0 spiro atoms. The number of hydrogen-bond acceptors (Lipinski definition) is 2. The first kappa shape index (κ1) is 16.2. The maximum Gasteiger partial charge on any atom is 0.0580 e.